The minimum Gasteiger partial charge on any atom is -0.493 e. The number of benzene rings is 2. The van der Waals surface area contributed by atoms with Crippen LogP contribution in [-0.2, 0) is 6.54 Å². The normalized spacial score (nSPS) is 15.1. The quantitative estimate of drug-likeness (QED) is 0.714. The molecule has 0 aliphatic carbocycles. The van der Waals surface area contributed by atoms with E-state index in [1.54, 1.807) is 25.3 Å². The van der Waals surface area contributed by atoms with Gasteiger partial charge in [-0.3, -0.25) is 9.79 Å². The van der Waals surface area contributed by atoms with Crippen molar-refractivity contribution in [3.63, 3.8) is 0 Å². The largest absolute Gasteiger partial charge is 0.493 e. The molecule has 0 fully saturated rings. The molecule has 0 saturated carbocycles. The van der Waals surface area contributed by atoms with Crippen molar-refractivity contribution >= 4 is 18.3 Å². The topological polar surface area (TPSA) is 63.5 Å². The lowest BCUT2D eigenvalue weighted by Crippen LogP contribution is -2.40. The summed E-state index contributed by atoms with van der Waals surface area (Å²) in [7, 11) is 3.20. The molecule has 28 heavy (non-hydrogen) atoms. The summed E-state index contributed by atoms with van der Waals surface area (Å²) < 4.78 is 10.7. The van der Waals surface area contributed by atoms with Crippen LogP contribution in [0.5, 0.6) is 11.5 Å². The van der Waals surface area contributed by atoms with E-state index in [1.165, 1.54) is 0 Å². The van der Waals surface area contributed by atoms with Crippen LogP contribution < -0.4 is 9.47 Å². The summed E-state index contributed by atoms with van der Waals surface area (Å²) in [5, 5.41) is 6.23. The van der Waals surface area contributed by atoms with Gasteiger partial charge < -0.3 is 9.47 Å². The van der Waals surface area contributed by atoms with Gasteiger partial charge in [-0.05, 0) is 56.5 Å². The van der Waals surface area contributed by atoms with E-state index in [1.807, 2.05) is 50.2 Å². The maximum Gasteiger partial charge on any atom is 0.274 e. The van der Waals surface area contributed by atoms with Crippen molar-refractivity contribution in [2.24, 2.45) is 10.1 Å². The van der Waals surface area contributed by atoms with E-state index in [0.717, 1.165) is 16.8 Å². The smallest absolute Gasteiger partial charge is 0.274 e. The van der Waals surface area contributed by atoms with Gasteiger partial charge in [-0.2, -0.15) is 5.10 Å². The van der Waals surface area contributed by atoms with Crippen LogP contribution in [0, 0.1) is 0 Å². The summed E-state index contributed by atoms with van der Waals surface area (Å²) in [5.41, 5.74) is 2.84. The van der Waals surface area contributed by atoms with Gasteiger partial charge in [-0.25, -0.2) is 5.01 Å². The van der Waals surface area contributed by atoms with E-state index < -0.39 is 5.54 Å². The van der Waals surface area contributed by atoms with Crippen molar-refractivity contribution in [1.82, 2.24) is 5.01 Å². The number of hydrogen-bond donors (Lipinski definition) is 0. The third kappa shape index (κ3) is 3.76. The molecule has 146 valence electrons. The molecule has 6 heteroatoms. The first-order valence-corrected chi connectivity index (χ1v) is 9.05. The summed E-state index contributed by atoms with van der Waals surface area (Å²) in [6.45, 7) is 8.01. The average molecular weight is 379 g/mol. The second-order valence-electron chi connectivity index (χ2n) is 7.30. The van der Waals surface area contributed by atoms with Gasteiger partial charge >= 0.3 is 0 Å². The van der Waals surface area contributed by atoms with Crippen molar-refractivity contribution in [3.8, 4) is 11.5 Å². The Bertz CT molecular complexity index is 934. The molecular formula is C22H25N3O3. The third-order valence-electron chi connectivity index (χ3n) is 4.77. The van der Waals surface area contributed by atoms with Gasteiger partial charge in [0.25, 0.3) is 5.91 Å². The molecule has 2 aromatic carbocycles. The molecule has 1 aliphatic heterocycles. The maximum absolute atomic E-state index is 13.1. The molecule has 0 unspecified atom stereocenters. The van der Waals surface area contributed by atoms with Crippen LogP contribution in [-0.4, -0.2) is 43.1 Å². The Morgan fingerprint density at radius 3 is 2.61 bits per heavy atom. The van der Waals surface area contributed by atoms with Crippen molar-refractivity contribution in [2.75, 3.05) is 14.2 Å². The Morgan fingerprint density at radius 1 is 1.18 bits per heavy atom. The lowest BCUT2D eigenvalue weighted by Gasteiger charge is -2.28. The van der Waals surface area contributed by atoms with Gasteiger partial charge in [0.2, 0.25) is 0 Å². The standard InChI is InChI=1S/C22H25N3O3/c1-22(2)13-18(16-9-10-19(27-4)20(12-16)28-5)24-25(22)21(26)17-8-6-7-15(11-17)14-23-3/h6-12H,3,13-14H2,1-2,4-5H3. The van der Waals surface area contributed by atoms with Crippen LogP contribution in [0.1, 0.15) is 41.8 Å². The fourth-order valence-electron chi connectivity index (χ4n) is 3.33. The molecule has 1 amide bonds. The van der Waals surface area contributed by atoms with E-state index in [4.69, 9.17) is 9.47 Å². The highest BCUT2D eigenvalue weighted by Crippen LogP contribution is 2.34. The van der Waals surface area contributed by atoms with Gasteiger partial charge in [0, 0.05) is 17.5 Å². The SMILES string of the molecule is C=NCc1cccc(C(=O)N2N=C(c3ccc(OC)c(OC)c3)CC2(C)C)c1. The molecule has 1 aliphatic rings. The molecule has 0 N–H and O–H groups in total. The van der Waals surface area contributed by atoms with Crippen molar-refractivity contribution in [2.45, 2.75) is 32.4 Å². The number of ether oxygens (including phenoxy) is 2. The number of carbonyl (C=O) groups is 1. The molecule has 2 aromatic rings. The van der Waals surface area contributed by atoms with Crippen molar-refractivity contribution in [1.29, 1.82) is 0 Å². The minimum atomic E-state index is -0.438. The van der Waals surface area contributed by atoms with E-state index in [9.17, 15) is 4.79 Å². The Hall–Kier alpha value is -3.15. The number of rotatable bonds is 6. The number of aliphatic imine (C=N–C) groups is 1. The number of hydrazone groups is 1. The van der Waals surface area contributed by atoms with Crippen LogP contribution in [0.15, 0.2) is 52.6 Å². The highest BCUT2D eigenvalue weighted by Gasteiger charge is 2.39. The number of amides is 1. The lowest BCUT2D eigenvalue weighted by molar-refractivity contribution is 0.0612. The van der Waals surface area contributed by atoms with Gasteiger partial charge in [0.1, 0.15) is 0 Å². The van der Waals surface area contributed by atoms with Gasteiger partial charge in [0.15, 0.2) is 11.5 Å². The van der Waals surface area contributed by atoms with Crippen LogP contribution in [0.4, 0.5) is 0 Å². The van der Waals surface area contributed by atoms with Gasteiger partial charge in [0.05, 0.1) is 32.0 Å². The first kappa shape index (κ1) is 19.6. The minimum absolute atomic E-state index is 0.133. The summed E-state index contributed by atoms with van der Waals surface area (Å²) in [4.78, 5) is 17.0. The number of methoxy groups -OCH3 is 2. The summed E-state index contributed by atoms with van der Waals surface area (Å²) in [6.07, 6.45) is 0.641. The molecule has 3 rings (SSSR count). The van der Waals surface area contributed by atoms with Gasteiger partial charge in [-0.1, -0.05) is 12.1 Å². The number of hydrogen-bond acceptors (Lipinski definition) is 5. The maximum atomic E-state index is 13.1. The molecule has 0 spiro atoms. The highest BCUT2D eigenvalue weighted by molar-refractivity contribution is 6.05. The second kappa shape index (κ2) is 7.84. The summed E-state index contributed by atoms with van der Waals surface area (Å²) >= 11 is 0. The predicted molar refractivity (Wildman–Crippen MR) is 111 cm³/mol. The fourth-order valence-corrected chi connectivity index (χ4v) is 3.33. The lowest BCUT2D eigenvalue weighted by atomic mass is 9.94. The van der Waals surface area contributed by atoms with E-state index in [-0.39, 0.29) is 5.91 Å². The number of nitrogens with zero attached hydrogens (tertiary/aromatic N) is 3. The zero-order chi connectivity index (χ0) is 20.3. The molecule has 0 saturated heterocycles. The summed E-state index contributed by atoms with van der Waals surface area (Å²) in [6, 6.07) is 13.1. The molecular weight excluding hydrogens is 354 g/mol. The zero-order valence-electron chi connectivity index (χ0n) is 16.7. The molecule has 0 radical (unpaired) electrons. The van der Waals surface area contributed by atoms with E-state index in [2.05, 4.69) is 16.8 Å². The van der Waals surface area contributed by atoms with Crippen LogP contribution in [0.2, 0.25) is 0 Å². The molecule has 6 nitrogen and oxygen atoms in total. The van der Waals surface area contributed by atoms with Gasteiger partial charge in [-0.15, -0.1) is 0 Å². The van der Waals surface area contributed by atoms with E-state index in [0.29, 0.717) is 30.0 Å². The predicted octanol–water partition coefficient (Wildman–Crippen LogP) is 3.93. The monoisotopic (exact) mass is 379 g/mol. The first-order valence-electron chi connectivity index (χ1n) is 9.05. The Balaban J connectivity index is 1.93. The average Bonchev–Trinajstić information content (AvgIpc) is 3.02. The third-order valence-corrected chi connectivity index (χ3v) is 4.77. The zero-order valence-corrected chi connectivity index (χ0v) is 16.7. The molecule has 0 bridgehead atoms. The highest BCUT2D eigenvalue weighted by atomic mass is 16.5. The molecule has 1 heterocycles. The van der Waals surface area contributed by atoms with Crippen LogP contribution >= 0.6 is 0 Å². The second-order valence-corrected chi connectivity index (χ2v) is 7.30. The fraction of sp³-hybridized carbons (Fsp3) is 0.318. The van der Waals surface area contributed by atoms with Crippen LogP contribution in [0.25, 0.3) is 0 Å². The Labute approximate surface area is 165 Å². The first-order chi connectivity index (χ1) is 13.4. The van der Waals surface area contributed by atoms with E-state index >= 15 is 0 Å². The molecule has 0 atom stereocenters. The number of carbonyl (C=O) groups excluding carboxylic acids is 1. The summed E-state index contributed by atoms with van der Waals surface area (Å²) in [5.74, 6) is 1.16. The molecule has 0 aromatic heterocycles. The van der Waals surface area contributed by atoms with Crippen molar-refractivity contribution < 1.29 is 14.3 Å². The van der Waals surface area contributed by atoms with Crippen LogP contribution in [0.3, 0.4) is 0 Å². The Kier molecular flexibility index (Phi) is 5.49. The van der Waals surface area contributed by atoms with Crippen molar-refractivity contribution in [3.05, 3.63) is 59.2 Å². The Morgan fingerprint density at radius 2 is 1.93 bits per heavy atom.